The zero-order valence-corrected chi connectivity index (χ0v) is 22.0. The van der Waals surface area contributed by atoms with E-state index < -0.39 is 29.2 Å². The van der Waals surface area contributed by atoms with Gasteiger partial charge in [-0.25, -0.2) is 14.8 Å². The standard InChI is InChI=1S/C22H24N8O6S2/c1-3-36-27-15(12-10-38-22(23)24-12)18(31)25-16-19(32)30-17(21(33)34)11(9-37-20(16)30)8-28-6-7-29-14(28)5-4-13(26-29)35-2/h5-7,10,16,20H,3-4,8-9H2,1-2H3,(H2,23,24)(H,25,31)(H,33,34)/t16-,20+/m1/s1. The van der Waals surface area contributed by atoms with Gasteiger partial charge in [-0.15, -0.1) is 28.2 Å². The number of aliphatic carboxylic acids is 1. The number of carboxylic acid groups (broad SMARTS) is 1. The van der Waals surface area contributed by atoms with Crippen molar-refractivity contribution in [3.63, 3.8) is 0 Å². The molecule has 4 aliphatic rings. The molecule has 2 amide bonds. The maximum absolute atomic E-state index is 13.1. The van der Waals surface area contributed by atoms with E-state index in [2.05, 4.69) is 20.6 Å². The lowest BCUT2D eigenvalue weighted by molar-refractivity contribution is -0.150. The first-order valence-electron chi connectivity index (χ1n) is 11.5. The number of nitrogens with two attached hydrogens (primary N) is 1. The van der Waals surface area contributed by atoms with E-state index in [4.69, 9.17) is 15.3 Å². The van der Waals surface area contributed by atoms with E-state index >= 15 is 0 Å². The topological polar surface area (TPSA) is 175 Å². The number of hydrogen-bond acceptors (Lipinski definition) is 13. The van der Waals surface area contributed by atoms with Gasteiger partial charge in [0.05, 0.1) is 7.11 Å². The lowest BCUT2D eigenvalue weighted by Gasteiger charge is -2.49. The highest BCUT2D eigenvalue weighted by molar-refractivity contribution is 8.00. The smallest absolute Gasteiger partial charge is 0.352 e. The second kappa shape index (κ2) is 10.4. The molecule has 4 N–H and O–H groups in total. The maximum atomic E-state index is 13.1. The number of aromatic nitrogens is 1. The zero-order valence-electron chi connectivity index (χ0n) is 20.4. The Bertz CT molecular complexity index is 1330. The second-order valence-corrected chi connectivity index (χ2v) is 10.3. The number of thiazole rings is 1. The van der Waals surface area contributed by atoms with Crippen molar-refractivity contribution in [3.05, 3.63) is 46.6 Å². The summed E-state index contributed by atoms with van der Waals surface area (Å²) in [6.07, 6.45) is 5.99. The fraction of sp³-hybridized carbons (Fsp3) is 0.364. The highest BCUT2D eigenvalue weighted by atomic mass is 32.2. The molecule has 0 aromatic carbocycles. The van der Waals surface area contributed by atoms with Gasteiger partial charge in [-0.1, -0.05) is 5.16 Å². The summed E-state index contributed by atoms with van der Waals surface area (Å²) in [6.45, 7) is 2.19. The zero-order chi connectivity index (χ0) is 27.0. The van der Waals surface area contributed by atoms with Gasteiger partial charge in [0.1, 0.15) is 35.2 Å². The number of carboxylic acids is 1. The van der Waals surface area contributed by atoms with Gasteiger partial charge >= 0.3 is 5.97 Å². The van der Waals surface area contributed by atoms with Gasteiger partial charge in [0, 0.05) is 36.5 Å². The van der Waals surface area contributed by atoms with Crippen LogP contribution in [0.25, 0.3) is 0 Å². The number of hydrazone groups is 1. The molecule has 0 unspecified atom stereocenters. The first-order valence-corrected chi connectivity index (χ1v) is 13.4. The Morgan fingerprint density at radius 3 is 2.87 bits per heavy atom. The Morgan fingerprint density at radius 1 is 1.37 bits per heavy atom. The van der Waals surface area contributed by atoms with Gasteiger partial charge in [0.15, 0.2) is 10.8 Å². The molecule has 5 rings (SSSR count). The third-order valence-electron chi connectivity index (χ3n) is 5.99. The number of rotatable bonds is 8. The molecule has 0 radical (unpaired) electrons. The Labute approximate surface area is 225 Å². The molecule has 0 saturated carbocycles. The number of nitrogens with one attached hydrogen (secondary N) is 1. The molecule has 16 heteroatoms. The number of anilines is 1. The number of ether oxygens (including phenoxy) is 1. The SMILES string of the molecule is CCON=C(C(=O)N[C@@H]1C(=O)N2C(C(=O)O)=C(CN3C=CN4N=C(OC)CC=C34)CS[C@@H]12)c1csc(N)n1. The van der Waals surface area contributed by atoms with Crippen LogP contribution in [-0.4, -0.2) is 91.7 Å². The summed E-state index contributed by atoms with van der Waals surface area (Å²) in [5, 5.41) is 23.8. The van der Waals surface area contributed by atoms with Gasteiger partial charge in [0.2, 0.25) is 5.90 Å². The van der Waals surface area contributed by atoms with E-state index in [1.54, 1.807) is 36.8 Å². The lowest BCUT2D eigenvalue weighted by atomic mass is 10.0. The molecule has 0 bridgehead atoms. The van der Waals surface area contributed by atoms with Crippen LogP contribution in [0.4, 0.5) is 5.13 Å². The molecule has 0 aliphatic carbocycles. The van der Waals surface area contributed by atoms with Crippen LogP contribution in [0, 0.1) is 0 Å². The number of hydrogen-bond donors (Lipinski definition) is 3. The molecule has 1 aromatic rings. The normalized spacial score (nSPS) is 22.4. The van der Waals surface area contributed by atoms with Crippen molar-refractivity contribution in [2.24, 2.45) is 10.3 Å². The Morgan fingerprint density at radius 2 is 2.18 bits per heavy atom. The quantitative estimate of drug-likeness (QED) is 0.229. The molecule has 1 saturated heterocycles. The van der Waals surface area contributed by atoms with E-state index in [0.29, 0.717) is 23.6 Å². The molecular weight excluding hydrogens is 536 g/mol. The van der Waals surface area contributed by atoms with Crippen molar-refractivity contribution >= 4 is 57.6 Å². The Kier molecular flexibility index (Phi) is 6.98. The minimum Gasteiger partial charge on any atom is -0.483 e. The van der Waals surface area contributed by atoms with Crippen LogP contribution in [0.3, 0.4) is 0 Å². The molecule has 200 valence electrons. The monoisotopic (exact) mass is 560 g/mol. The first-order chi connectivity index (χ1) is 18.3. The van der Waals surface area contributed by atoms with E-state index in [-0.39, 0.29) is 35.4 Å². The fourth-order valence-electron chi connectivity index (χ4n) is 4.27. The van der Waals surface area contributed by atoms with Gasteiger partial charge < -0.3 is 30.6 Å². The number of oxime groups is 1. The van der Waals surface area contributed by atoms with Crippen molar-refractivity contribution in [2.75, 3.05) is 31.7 Å². The average molecular weight is 561 g/mol. The van der Waals surface area contributed by atoms with Crippen molar-refractivity contribution in [1.82, 2.24) is 25.1 Å². The summed E-state index contributed by atoms with van der Waals surface area (Å²) in [5.74, 6) is -0.708. The molecule has 2 atom stereocenters. The number of thioether (sulfide) groups is 1. The summed E-state index contributed by atoms with van der Waals surface area (Å²) in [5.41, 5.74) is 6.28. The third kappa shape index (κ3) is 4.56. The van der Waals surface area contributed by atoms with Crippen LogP contribution in [-0.2, 0) is 24.0 Å². The number of nitrogen functional groups attached to an aromatic ring is 1. The van der Waals surface area contributed by atoms with Gasteiger partial charge in [-0.2, -0.15) is 0 Å². The summed E-state index contributed by atoms with van der Waals surface area (Å²) >= 11 is 2.51. The molecule has 0 spiro atoms. The number of carbonyl (C=O) groups excluding carboxylic acids is 2. The predicted molar refractivity (Wildman–Crippen MR) is 139 cm³/mol. The summed E-state index contributed by atoms with van der Waals surface area (Å²) in [4.78, 5) is 50.6. The van der Waals surface area contributed by atoms with Gasteiger partial charge in [-0.3, -0.25) is 14.5 Å². The Balaban J connectivity index is 1.31. The molecule has 1 aromatic heterocycles. The second-order valence-electron chi connectivity index (χ2n) is 8.28. The first kappa shape index (κ1) is 25.6. The molecule has 14 nitrogen and oxygen atoms in total. The van der Waals surface area contributed by atoms with Crippen molar-refractivity contribution in [1.29, 1.82) is 0 Å². The maximum Gasteiger partial charge on any atom is 0.352 e. The van der Waals surface area contributed by atoms with E-state index in [9.17, 15) is 19.5 Å². The number of β-lactam (4-membered cyclic amide) rings is 1. The summed E-state index contributed by atoms with van der Waals surface area (Å²) < 4.78 is 5.20. The summed E-state index contributed by atoms with van der Waals surface area (Å²) in [6, 6.07) is -0.934. The van der Waals surface area contributed by atoms with Gasteiger partial charge in [0.25, 0.3) is 11.8 Å². The number of methoxy groups -OCH3 is 1. The number of fused-ring (bicyclic) bond motifs is 2. The van der Waals surface area contributed by atoms with Crippen LogP contribution in [0.15, 0.2) is 51.2 Å². The van der Waals surface area contributed by atoms with Gasteiger partial charge in [-0.05, 0) is 18.6 Å². The molecule has 5 heterocycles. The van der Waals surface area contributed by atoms with E-state index in [1.165, 1.54) is 16.7 Å². The molecule has 4 aliphatic heterocycles. The molecular formula is C22H24N8O6S2. The molecule has 1 fully saturated rings. The number of carbonyl (C=O) groups is 3. The van der Waals surface area contributed by atoms with Crippen molar-refractivity contribution in [2.45, 2.75) is 24.8 Å². The van der Waals surface area contributed by atoms with Crippen molar-refractivity contribution in [3.8, 4) is 0 Å². The predicted octanol–water partition coefficient (Wildman–Crippen LogP) is 0.498. The van der Waals surface area contributed by atoms with Crippen LogP contribution >= 0.6 is 23.1 Å². The van der Waals surface area contributed by atoms with Crippen molar-refractivity contribution < 1.29 is 29.1 Å². The van der Waals surface area contributed by atoms with E-state index in [0.717, 1.165) is 17.2 Å². The highest BCUT2D eigenvalue weighted by Gasteiger charge is 2.54. The lowest BCUT2D eigenvalue weighted by Crippen LogP contribution is -2.71. The Hall–Kier alpha value is -4.05. The minimum absolute atomic E-state index is 0.0796. The summed E-state index contributed by atoms with van der Waals surface area (Å²) in [7, 11) is 1.55. The largest absolute Gasteiger partial charge is 0.483 e. The van der Waals surface area contributed by atoms with Crippen LogP contribution < -0.4 is 11.1 Å². The minimum atomic E-state index is -1.21. The fourth-order valence-corrected chi connectivity index (χ4v) is 6.15. The number of nitrogens with zero attached hydrogens (tertiary/aromatic N) is 6. The highest BCUT2D eigenvalue weighted by Crippen LogP contribution is 2.41. The number of amides is 2. The van der Waals surface area contributed by atoms with E-state index in [1.807, 2.05) is 11.0 Å². The van der Waals surface area contributed by atoms with Crippen LogP contribution in [0.1, 0.15) is 19.0 Å². The molecule has 38 heavy (non-hydrogen) atoms. The third-order valence-corrected chi connectivity index (χ3v) is 8.01. The average Bonchev–Trinajstić information content (AvgIpc) is 3.52. The van der Waals surface area contributed by atoms with Crippen LogP contribution in [0.2, 0.25) is 0 Å². The van der Waals surface area contributed by atoms with Crippen LogP contribution in [0.5, 0.6) is 0 Å².